The molecule has 3 aliphatic heterocycles. The number of hydrogen-bond donors (Lipinski definition) is 4. The first-order valence-electron chi connectivity index (χ1n) is 19.3. The van der Waals surface area contributed by atoms with Gasteiger partial charge in [-0.1, -0.05) is 42.5 Å². The molecule has 15 heteroatoms. The quantitative estimate of drug-likeness (QED) is 0.141. The summed E-state index contributed by atoms with van der Waals surface area (Å²) in [5.74, 6) is 1.13. The highest BCUT2D eigenvalue weighted by molar-refractivity contribution is 5.89. The molecular formula is C42H43N9O6. The summed E-state index contributed by atoms with van der Waals surface area (Å²) in [6.45, 7) is 0.547. The van der Waals surface area contributed by atoms with Gasteiger partial charge in [0.05, 0.1) is 49.2 Å². The molecule has 0 radical (unpaired) electrons. The number of rotatable bonds is 8. The molecule has 15 nitrogen and oxygen atoms in total. The second kappa shape index (κ2) is 14.8. The topological polar surface area (TPSA) is 180 Å². The van der Waals surface area contributed by atoms with E-state index in [2.05, 4.69) is 61.8 Å². The van der Waals surface area contributed by atoms with E-state index in [-0.39, 0.29) is 29.9 Å². The molecule has 5 atom stereocenters. The van der Waals surface area contributed by atoms with Crippen LogP contribution in [0.3, 0.4) is 0 Å². The third kappa shape index (κ3) is 6.72. The van der Waals surface area contributed by atoms with E-state index in [4.69, 9.17) is 19.4 Å². The minimum atomic E-state index is -0.888. The van der Waals surface area contributed by atoms with Crippen molar-refractivity contribution in [1.82, 2.24) is 44.9 Å². The highest BCUT2D eigenvalue weighted by atomic mass is 16.5. The zero-order valence-electron chi connectivity index (χ0n) is 31.6. The Morgan fingerprint density at radius 3 is 2.47 bits per heavy atom. The number of hydrogen-bond acceptors (Lipinski definition) is 8. The van der Waals surface area contributed by atoms with Crippen molar-refractivity contribution in [2.75, 3.05) is 20.8 Å². The molecule has 0 bridgehead atoms. The van der Waals surface area contributed by atoms with Gasteiger partial charge in [-0.05, 0) is 73.7 Å². The molecule has 57 heavy (non-hydrogen) atoms. The highest BCUT2D eigenvalue weighted by Crippen LogP contribution is 2.41. The number of carbonyl (C=O) groups excluding carboxylic acids is 4. The number of imidazole rings is 2. The zero-order chi connectivity index (χ0) is 39.2. The summed E-state index contributed by atoms with van der Waals surface area (Å²) in [4.78, 5) is 71.9. The Hall–Kier alpha value is -6.64. The molecule has 3 aromatic carbocycles. The van der Waals surface area contributed by atoms with Crippen LogP contribution in [0, 0.1) is 0 Å². The van der Waals surface area contributed by atoms with Crippen LogP contribution in [0.25, 0.3) is 38.8 Å². The number of amides is 4. The van der Waals surface area contributed by atoms with Crippen molar-refractivity contribution in [3.63, 3.8) is 0 Å². The number of piperidine rings is 1. The molecule has 3 saturated heterocycles. The SMILES string of the molecule is COC(=O)N[C@H]1CC[C@H]2CC[C@@H](c3ncc(-c4ccc5cn(-c6ccc7nc(C8CCCN8C(=O)[C@H](NC(=O)OC)c8ccccc8)[nH]c7c6)cc5c4)[nH]3)N2C1=O. The summed E-state index contributed by atoms with van der Waals surface area (Å²) in [5.41, 5.74) is 5.11. The Kier molecular flexibility index (Phi) is 9.34. The number of methoxy groups -OCH3 is 2. The Morgan fingerprint density at radius 2 is 1.65 bits per heavy atom. The van der Waals surface area contributed by atoms with Gasteiger partial charge in [0.25, 0.3) is 5.91 Å². The van der Waals surface area contributed by atoms with Gasteiger partial charge in [-0.25, -0.2) is 19.6 Å². The normalized spacial score (nSPS) is 21.1. The van der Waals surface area contributed by atoms with E-state index in [0.29, 0.717) is 24.4 Å². The predicted octanol–water partition coefficient (Wildman–Crippen LogP) is 6.21. The summed E-state index contributed by atoms with van der Waals surface area (Å²) in [6, 6.07) is 19.7. The molecule has 0 saturated carbocycles. The standard InChI is InChI=1S/C42H43N9O6/c1-56-41(54)47-31-16-12-28-14-17-35(51(28)39(31)52)37-43-21-33(46-37)25-10-11-26-22-49(23-27(26)19-25)29-13-15-30-32(20-29)45-38(44-30)34-9-6-18-50(34)40(53)36(48-42(55)57-2)24-7-4-3-5-8-24/h3-5,7-8,10-11,13,15,19-23,28,31,34-36H,6,9,12,14,16-18H2,1-2H3,(H,43,46)(H,44,45)(H,47,54)(H,48,55)/t28-,31-,34?,35-,36+/m0/s1. The molecule has 9 rings (SSSR count). The maximum absolute atomic E-state index is 14.0. The van der Waals surface area contributed by atoms with Crippen molar-refractivity contribution in [2.24, 2.45) is 0 Å². The fourth-order valence-electron chi connectivity index (χ4n) is 8.80. The first-order chi connectivity index (χ1) is 27.8. The van der Waals surface area contributed by atoms with Gasteiger partial charge in [-0.3, -0.25) is 9.59 Å². The summed E-state index contributed by atoms with van der Waals surface area (Å²) < 4.78 is 11.7. The Morgan fingerprint density at radius 1 is 0.842 bits per heavy atom. The number of aromatic nitrogens is 5. The monoisotopic (exact) mass is 769 g/mol. The second-order valence-electron chi connectivity index (χ2n) is 14.9. The molecule has 4 amide bonds. The summed E-state index contributed by atoms with van der Waals surface area (Å²) in [7, 11) is 2.58. The van der Waals surface area contributed by atoms with Crippen molar-refractivity contribution in [3.8, 4) is 16.9 Å². The number of aromatic amines is 2. The lowest BCUT2D eigenvalue weighted by molar-refractivity contribution is -0.139. The van der Waals surface area contributed by atoms with Crippen molar-refractivity contribution < 1.29 is 28.7 Å². The number of fused-ring (bicyclic) bond motifs is 3. The van der Waals surface area contributed by atoms with Crippen molar-refractivity contribution in [2.45, 2.75) is 68.7 Å². The largest absolute Gasteiger partial charge is 0.453 e. The average Bonchev–Trinajstić information content (AvgIpc) is 4.09. The van der Waals surface area contributed by atoms with Crippen LogP contribution in [0.1, 0.15) is 73.9 Å². The minimum Gasteiger partial charge on any atom is -0.453 e. The molecule has 3 aliphatic rings. The van der Waals surface area contributed by atoms with Gasteiger partial charge >= 0.3 is 12.2 Å². The third-order valence-electron chi connectivity index (χ3n) is 11.6. The van der Waals surface area contributed by atoms with Gasteiger partial charge in [-0.15, -0.1) is 0 Å². The van der Waals surface area contributed by atoms with E-state index in [9.17, 15) is 19.2 Å². The highest BCUT2D eigenvalue weighted by Gasteiger charge is 2.45. The van der Waals surface area contributed by atoms with Gasteiger partial charge in [0.1, 0.15) is 23.7 Å². The van der Waals surface area contributed by atoms with E-state index >= 15 is 0 Å². The number of ether oxygens (including phenoxy) is 2. The van der Waals surface area contributed by atoms with E-state index < -0.39 is 24.3 Å². The van der Waals surface area contributed by atoms with Crippen molar-refractivity contribution >= 4 is 45.8 Å². The maximum Gasteiger partial charge on any atom is 0.407 e. The first kappa shape index (κ1) is 36.0. The molecular weight excluding hydrogens is 727 g/mol. The van der Waals surface area contributed by atoms with E-state index in [1.54, 1.807) is 4.90 Å². The lowest BCUT2D eigenvalue weighted by Gasteiger charge is -2.37. The van der Waals surface area contributed by atoms with Crippen LogP contribution < -0.4 is 10.6 Å². The molecule has 1 unspecified atom stereocenters. The molecule has 0 spiro atoms. The van der Waals surface area contributed by atoms with Gasteiger partial charge in [0, 0.05) is 41.6 Å². The van der Waals surface area contributed by atoms with Gasteiger partial charge in [0.15, 0.2) is 0 Å². The summed E-state index contributed by atoms with van der Waals surface area (Å²) in [5, 5.41) is 7.53. The smallest absolute Gasteiger partial charge is 0.407 e. The molecule has 3 fully saturated rings. The van der Waals surface area contributed by atoms with Crippen LogP contribution in [0.5, 0.6) is 0 Å². The van der Waals surface area contributed by atoms with Crippen LogP contribution in [0.2, 0.25) is 0 Å². The van der Waals surface area contributed by atoms with E-state index in [0.717, 1.165) is 76.7 Å². The fraction of sp³-hybridized carbons (Fsp3) is 0.333. The average molecular weight is 770 g/mol. The van der Waals surface area contributed by atoms with E-state index in [1.807, 2.05) is 53.6 Å². The molecule has 3 aromatic heterocycles. The zero-order valence-corrected chi connectivity index (χ0v) is 31.6. The fourth-order valence-corrected chi connectivity index (χ4v) is 8.80. The van der Waals surface area contributed by atoms with Crippen LogP contribution in [0.4, 0.5) is 9.59 Å². The number of benzene rings is 3. The van der Waals surface area contributed by atoms with Crippen LogP contribution in [-0.4, -0.2) is 91.2 Å². The summed E-state index contributed by atoms with van der Waals surface area (Å²) in [6.07, 6.45) is 9.39. The number of nitrogens with one attached hydrogen (secondary N) is 4. The number of H-pyrrole nitrogens is 2. The van der Waals surface area contributed by atoms with Crippen LogP contribution in [-0.2, 0) is 19.1 Å². The Bertz CT molecular complexity index is 2490. The van der Waals surface area contributed by atoms with Gasteiger partial charge in [-0.2, -0.15) is 0 Å². The molecule has 0 aliphatic carbocycles. The minimum absolute atomic E-state index is 0.0954. The number of nitrogens with zero attached hydrogens (tertiary/aromatic N) is 5. The second-order valence-corrected chi connectivity index (χ2v) is 14.9. The Labute approximate surface area is 327 Å². The molecule has 6 heterocycles. The first-order valence-corrected chi connectivity index (χ1v) is 19.3. The molecule has 292 valence electrons. The van der Waals surface area contributed by atoms with Crippen LogP contribution >= 0.6 is 0 Å². The number of likely N-dealkylation sites (tertiary alicyclic amines) is 1. The van der Waals surface area contributed by atoms with Crippen LogP contribution in [0.15, 0.2) is 85.3 Å². The number of alkyl carbamates (subject to hydrolysis) is 2. The molecule has 4 N–H and O–H groups in total. The maximum atomic E-state index is 14.0. The summed E-state index contributed by atoms with van der Waals surface area (Å²) >= 11 is 0. The van der Waals surface area contributed by atoms with Gasteiger partial charge < -0.3 is 44.4 Å². The third-order valence-corrected chi connectivity index (χ3v) is 11.6. The lowest BCUT2D eigenvalue weighted by atomic mass is 9.98. The Balaban J connectivity index is 0.929. The van der Waals surface area contributed by atoms with Crippen molar-refractivity contribution in [1.29, 1.82) is 0 Å². The lowest BCUT2D eigenvalue weighted by Crippen LogP contribution is -2.54. The van der Waals surface area contributed by atoms with Crippen molar-refractivity contribution in [3.05, 3.63) is 103 Å². The predicted molar refractivity (Wildman–Crippen MR) is 210 cm³/mol. The van der Waals surface area contributed by atoms with E-state index in [1.165, 1.54) is 14.2 Å². The number of carbonyl (C=O) groups is 4. The molecule has 6 aromatic rings. The van der Waals surface area contributed by atoms with Gasteiger partial charge in [0.2, 0.25) is 5.91 Å².